The highest BCUT2D eigenvalue weighted by Crippen LogP contribution is 2.23. The van der Waals surface area contributed by atoms with Crippen LogP contribution in [0.15, 0.2) is 0 Å². The lowest BCUT2D eigenvalue weighted by Crippen LogP contribution is -2.68. The van der Waals surface area contributed by atoms with Gasteiger partial charge in [0.05, 0.1) is 32.8 Å². The maximum atomic E-state index is 10.8. The predicted octanol–water partition coefficient (Wildman–Crippen LogP) is 3.01. The van der Waals surface area contributed by atoms with Gasteiger partial charge in [0.25, 0.3) is 0 Å². The molecule has 9 heteroatoms. The first-order valence-corrected chi connectivity index (χ1v) is 17.5. The van der Waals surface area contributed by atoms with Crippen LogP contribution < -0.4 is 18.6 Å². The lowest BCUT2D eigenvalue weighted by molar-refractivity contribution is -2.00. The number of rotatable bonds is 27. The van der Waals surface area contributed by atoms with Crippen LogP contribution in [0.4, 0.5) is 0 Å². The van der Waals surface area contributed by atoms with Crippen molar-refractivity contribution in [3.8, 4) is 0 Å². The molecule has 0 saturated carbocycles. The molecule has 3 atom stereocenters. The first-order valence-electron chi connectivity index (χ1n) is 16.3. The van der Waals surface area contributed by atoms with Gasteiger partial charge < -0.3 is 19.8 Å². The van der Waals surface area contributed by atoms with Crippen molar-refractivity contribution in [2.45, 2.75) is 173 Å². The fourth-order valence-electron chi connectivity index (χ4n) is 5.49. The molecule has 244 valence electrons. The molecular formula is C31H66ClNO7. The zero-order chi connectivity index (χ0) is 30.7. The van der Waals surface area contributed by atoms with Crippen molar-refractivity contribution in [2.75, 3.05) is 27.2 Å². The fraction of sp³-hybridized carbons (Fsp3) is 1.00. The van der Waals surface area contributed by atoms with E-state index in [2.05, 4.69) is 27.9 Å². The minimum atomic E-state index is -4.94. The molecule has 40 heavy (non-hydrogen) atoms. The average molecular weight is 600 g/mol. The Morgan fingerprint density at radius 3 is 1.23 bits per heavy atom. The Balaban J connectivity index is 0. The van der Waals surface area contributed by atoms with Crippen LogP contribution in [0.2, 0.25) is 0 Å². The van der Waals surface area contributed by atoms with Crippen LogP contribution in [0.25, 0.3) is 0 Å². The number of halogens is 1. The van der Waals surface area contributed by atoms with Crippen molar-refractivity contribution in [1.29, 1.82) is 0 Å². The second-order valence-electron chi connectivity index (χ2n) is 12.3. The van der Waals surface area contributed by atoms with E-state index in [4.69, 9.17) is 18.6 Å². The summed E-state index contributed by atoms with van der Waals surface area (Å²) in [4.78, 5) is 0. The Hall–Kier alpha value is -0.0300. The normalized spacial score (nSPS) is 14.5. The number of hydrogen-bond acceptors (Lipinski definition) is 7. The Bertz CT molecular complexity index is 514. The van der Waals surface area contributed by atoms with Gasteiger partial charge in [0.15, 0.2) is 0 Å². The fourth-order valence-corrected chi connectivity index (χ4v) is 5.49. The highest BCUT2D eigenvalue weighted by Gasteiger charge is 2.31. The Labute approximate surface area is 249 Å². The summed E-state index contributed by atoms with van der Waals surface area (Å²) in [6, 6.07) is 0.332. The highest BCUT2D eigenvalue weighted by atomic mass is 35.7. The van der Waals surface area contributed by atoms with E-state index in [0.29, 0.717) is 17.1 Å². The third-order valence-corrected chi connectivity index (χ3v) is 7.96. The molecule has 0 radical (unpaired) electrons. The molecule has 8 nitrogen and oxygen atoms in total. The quantitative estimate of drug-likeness (QED) is 0.0968. The number of hydrogen-bond donors (Lipinski definition) is 3. The van der Waals surface area contributed by atoms with Gasteiger partial charge in [-0.15, -0.1) is 10.2 Å². The summed E-state index contributed by atoms with van der Waals surface area (Å²) < 4.78 is 34.6. The molecule has 0 rings (SSSR count). The van der Waals surface area contributed by atoms with E-state index >= 15 is 0 Å². The van der Waals surface area contributed by atoms with Crippen molar-refractivity contribution in [3.05, 3.63) is 0 Å². The van der Waals surface area contributed by atoms with E-state index in [1.807, 2.05) is 0 Å². The van der Waals surface area contributed by atoms with Crippen LogP contribution in [0.5, 0.6) is 0 Å². The van der Waals surface area contributed by atoms with Gasteiger partial charge in [-0.1, -0.05) is 129 Å². The molecule has 0 aromatic heterocycles. The summed E-state index contributed by atoms with van der Waals surface area (Å²) in [5, 5.41) is 30.3. The molecule has 0 saturated heterocycles. The van der Waals surface area contributed by atoms with Gasteiger partial charge >= 0.3 is 0 Å². The SMILES string of the molecule is CCCCCCCCCCCCCC(CC(O)CCCCCCCCCC)[N+](C)(C)CC(O)CO.[O-][Cl+3]([O-])([O-])[O-]. The first-order chi connectivity index (χ1) is 18.9. The van der Waals surface area contributed by atoms with Crippen LogP contribution in [0, 0.1) is 10.2 Å². The summed E-state index contributed by atoms with van der Waals surface area (Å²) in [7, 11) is -0.629. The van der Waals surface area contributed by atoms with Gasteiger partial charge in [0, 0.05) is 6.42 Å². The predicted molar refractivity (Wildman–Crippen MR) is 153 cm³/mol. The van der Waals surface area contributed by atoms with Crippen LogP contribution in [-0.2, 0) is 0 Å². The zero-order valence-corrected chi connectivity index (χ0v) is 27.3. The molecule has 0 heterocycles. The highest BCUT2D eigenvalue weighted by molar-refractivity contribution is 4.68. The van der Waals surface area contributed by atoms with E-state index in [0.717, 1.165) is 25.7 Å². The Kier molecular flexibility index (Phi) is 29.2. The van der Waals surface area contributed by atoms with E-state index in [1.54, 1.807) is 0 Å². The second-order valence-corrected chi connectivity index (χ2v) is 13.1. The molecular weight excluding hydrogens is 534 g/mol. The Morgan fingerprint density at radius 1 is 0.550 bits per heavy atom. The third kappa shape index (κ3) is 32.5. The molecule has 3 N–H and O–H groups in total. The maximum absolute atomic E-state index is 10.8. The van der Waals surface area contributed by atoms with Crippen LogP contribution in [-0.4, -0.2) is 65.3 Å². The monoisotopic (exact) mass is 599 g/mol. The first kappa shape index (κ1) is 42.1. The molecule has 3 unspecified atom stereocenters. The summed E-state index contributed by atoms with van der Waals surface area (Å²) in [6.45, 7) is 4.89. The molecule has 0 aliphatic heterocycles. The van der Waals surface area contributed by atoms with Gasteiger partial charge in [0.1, 0.15) is 12.6 Å². The van der Waals surface area contributed by atoms with Crippen LogP contribution in [0.1, 0.15) is 155 Å². The standard InChI is InChI=1S/C31H66NO3.ClHO4/c1-5-7-9-11-13-15-16-17-18-20-22-24-29(32(3,4)27-31(35)28-33)26-30(34)25-23-21-19-14-12-10-8-6-2;2-1(3,4)5/h29-31,33-35H,5-28H2,1-4H3;(H,2,3,4,5)/q+1;/p-1. The van der Waals surface area contributed by atoms with Crippen molar-refractivity contribution < 1.29 is 48.7 Å². The minimum Gasteiger partial charge on any atom is -0.393 e. The average Bonchev–Trinajstić information content (AvgIpc) is 2.86. The molecule has 0 aromatic carbocycles. The molecule has 0 spiro atoms. The maximum Gasteiger partial charge on any atom is 0.126 e. The van der Waals surface area contributed by atoms with Crippen molar-refractivity contribution in [1.82, 2.24) is 0 Å². The van der Waals surface area contributed by atoms with Crippen molar-refractivity contribution in [2.24, 2.45) is 0 Å². The minimum absolute atomic E-state index is 0.187. The van der Waals surface area contributed by atoms with Gasteiger partial charge in [-0.25, -0.2) is 18.6 Å². The third-order valence-electron chi connectivity index (χ3n) is 7.96. The molecule has 0 bridgehead atoms. The molecule has 0 amide bonds. The summed E-state index contributed by atoms with van der Waals surface area (Å²) in [6.07, 6.45) is 27.0. The summed E-state index contributed by atoms with van der Waals surface area (Å²) in [5.41, 5.74) is 0. The second kappa shape index (κ2) is 27.8. The lowest BCUT2D eigenvalue weighted by Gasteiger charge is -2.40. The summed E-state index contributed by atoms with van der Waals surface area (Å²) in [5.74, 6) is 0. The van der Waals surface area contributed by atoms with Crippen molar-refractivity contribution in [3.63, 3.8) is 0 Å². The van der Waals surface area contributed by atoms with Gasteiger partial charge in [-0.3, -0.25) is 0 Å². The van der Waals surface area contributed by atoms with E-state index in [9.17, 15) is 15.3 Å². The number of unbranched alkanes of at least 4 members (excludes halogenated alkanes) is 17. The van der Waals surface area contributed by atoms with E-state index in [-0.39, 0.29) is 12.7 Å². The van der Waals surface area contributed by atoms with E-state index < -0.39 is 16.3 Å². The molecule has 0 aliphatic rings. The van der Waals surface area contributed by atoms with E-state index in [1.165, 1.54) is 116 Å². The zero-order valence-electron chi connectivity index (χ0n) is 26.5. The van der Waals surface area contributed by atoms with Gasteiger partial charge in [0.2, 0.25) is 0 Å². The lowest BCUT2D eigenvalue weighted by atomic mass is 9.95. The molecule has 0 aliphatic carbocycles. The molecule has 0 fully saturated rings. The van der Waals surface area contributed by atoms with Crippen molar-refractivity contribution >= 4 is 0 Å². The number of nitrogens with zero attached hydrogens (tertiary/aromatic N) is 1. The number of quaternary nitrogens is 1. The largest absolute Gasteiger partial charge is 0.393 e. The van der Waals surface area contributed by atoms with Gasteiger partial charge in [-0.2, -0.15) is 0 Å². The summed E-state index contributed by atoms with van der Waals surface area (Å²) >= 11 is 0. The molecule has 0 aromatic rings. The smallest absolute Gasteiger partial charge is 0.126 e. The number of likely N-dealkylation sites (N-methyl/N-ethyl adjacent to an activating group) is 1. The van der Waals surface area contributed by atoms with Crippen LogP contribution in [0.3, 0.4) is 0 Å². The Morgan fingerprint density at radius 2 is 0.875 bits per heavy atom. The number of aliphatic hydroxyl groups excluding tert-OH is 3. The topological polar surface area (TPSA) is 153 Å². The number of aliphatic hydroxyl groups is 3. The van der Waals surface area contributed by atoms with Gasteiger partial charge in [-0.05, 0) is 19.3 Å². The van der Waals surface area contributed by atoms with Crippen LogP contribution >= 0.6 is 0 Å².